The number of likely N-dealkylation sites (N-methyl/N-ethyl adjacent to an activating group) is 1. The molecule has 0 radical (unpaired) electrons. The summed E-state index contributed by atoms with van der Waals surface area (Å²) in [7, 11) is 3.31. The second-order valence-electron chi connectivity index (χ2n) is 6.30. The Bertz CT molecular complexity index is 794. The van der Waals surface area contributed by atoms with Crippen molar-refractivity contribution < 1.29 is 19.2 Å². The molecule has 2 aromatic carbocycles. The normalized spacial score (nSPS) is 11.6. The van der Waals surface area contributed by atoms with E-state index >= 15 is 0 Å². The molecule has 27 heavy (non-hydrogen) atoms. The highest BCUT2D eigenvalue weighted by molar-refractivity contribution is 6.31. The molecule has 0 aromatic heterocycles. The number of carbonyl (C=O) groups is 2. The molecule has 144 valence electrons. The van der Waals surface area contributed by atoms with Gasteiger partial charge in [-0.2, -0.15) is 0 Å². The molecular weight excluding hydrogens is 366 g/mol. The van der Waals surface area contributed by atoms with Crippen molar-refractivity contribution in [2.75, 3.05) is 37.9 Å². The van der Waals surface area contributed by atoms with Gasteiger partial charge in [-0.05, 0) is 42.3 Å². The first-order valence-electron chi connectivity index (χ1n) is 8.74. The quantitative estimate of drug-likeness (QED) is 0.645. The van der Waals surface area contributed by atoms with Crippen LogP contribution in [-0.4, -0.2) is 39.1 Å². The SMILES string of the molecule is CCc1ccc(NC(=O)C[NH+](C)CC(=O)Nc2cc(Cl)ccc2OC)cc1. The average Bonchev–Trinajstić information content (AvgIpc) is 2.62. The fourth-order valence-electron chi connectivity index (χ4n) is 2.61. The van der Waals surface area contributed by atoms with E-state index in [1.807, 2.05) is 24.3 Å². The molecule has 2 rings (SSSR count). The Morgan fingerprint density at radius 3 is 2.26 bits per heavy atom. The molecule has 0 spiro atoms. The first kappa shape index (κ1) is 20.7. The van der Waals surface area contributed by atoms with Crippen molar-refractivity contribution in [1.82, 2.24) is 0 Å². The van der Waals surface area contributed by atoms with Crippen LogP contribution < -0.4 is 20.3 Å². The topological polar surface area (TPSA) is 71.9 Å². The molecule has 1 atom stereocenters. The van der Waals surface area contributed by atoms with Gasteiger partial charge in [0.1, 0.15) is 5.75 Å². The van der Waals surface area contributed by atoms with Crippen LogP contribution in [0.15, 0.2) is 42.5 Å². The number of hydrogen-bond donors (Lipinski definition) is 3. The molecule has 0 heterocycles. The molecule has 0 aliphatic carbocycles. The lowest BCUT2D eigenvalue weighted by molar-refractivity contribution is -0.862. The van der Waals surface area contributed by atoms with Crippen molar-refractivity contribution in [2.45, 2.75) is 13.3 Å². The second-order valence-corrected chi connectivity index (χ2v) is 6.74. The fourth-order valence-corrected chi connectivity index (χ4v) is 2.78. The molecule has 1 unspecified atom stereocenters. The number of amides is 2. The number of anilines is 2. The van der Waals surface area contributed by atoms with Gasteiger partial charge >= 0.3 is 0 Å². The van der Waals surface area contributed by atoms with E-state index in [9.17, 15) is 9.59 Å². The van der Waals surface area contributed by atoms with Gasteiger partial charge < -0.3 is 20.3 Å². The maximum Gasteiger partial charge on any atom is 0.279 e. The number of aryl methyl sites for hydroxylation is 1. The van der Waals surface area contributed by atoms with Crippen LogP contribution in [0.5, 0.6) is 5.75 Å². The van der Waals surface area contributed by atoms with Crippen molar-refractivity contribution in [3.05, 3.63) is 53.1 Å². The number of rotatable bonds is 8. The van der Waals surface area contributed by atoms with Gasteiger partial charge in [0, 0.05) is 10.7 Å². The van der Waals surface area contributed by atoms with Crippen LogP contribution in [0.4, 0.5) is 11.4 Å². The molecule has 0 saturated heterocycles. The Morgan fingerprint density at radius 1 is 1.04 bits per heavy atom. The monoisotopic (exact) mass is 390 g/mol. The lowest BCUT2D eigenvalue weighted by Crippen LogP contribution is -3.11. The molecule has 0 aliphatic rings. The highest BCUT2D eigenvalue weighted by Gasteiger charge is 2.16. The van der Waals surface area contributed by atoms with Gasteiger partial charge in [-0.25, -0.2) is 0 Å². The Kier molecular flexibility index (Phi) is 7.64. The van der Waals surface area contributed by atoms with Crippen molar-refractivity contribution >= 4 is 34.8 Å². The van der Waals surface area contributed by atoms with E-state index in [4.69, 9.17) is 16.3 Å². The number of methoxy groups -OCH3 is 1. The molecule has 6 nitrogen and oxygen atoms in total. The van der Waals surface area contributed by atoms with E-state index in [1.54, 1.807) is 25.2 Å². The molecule has 0 saturated carbocycles. The lowest BCUT2D eigenvalue weighted by Gasteiger charge is -2.15. The third kappa shape index (κ3) is 6.58. The molecular formula is C20H25ClN3O3+. The maximum absolute atomic E-state index is 12.3. The number of carbonyl (C=O) groups excluding carboxylic acids is 2. The van der Waals surface area contributed by atoms with E-state index in [0.29, 0.717) is 16.5 Å². The van der Waals surface area contributed by atoms with Gasteiger partial charge in [0.25, 0.3) is 11.8 Å². The number of ether oxygens (including phenoxy) is 1. The molecule has 0 bridgehead atoms. The predicted octanol–water partition coefficient (Wildman–Crippen LogP) is 2.00. The van der Waals surface area contributed by atoms with Gasteiger partial charge in [0.2, 0.25) is 0 Å². The lowest BCUT2D eigenvalue weighted by atomic mass is 10.1. The van der Waals surface area contributed by atoms with E-state index in [-0.39, 0.29) is 24.9 Å². The Hall–Kier alpha value is -2.57. The average molecular weight is 391 g/mol. The summed E-state index contributed by atoms with van der Waals surface area (Å²) in [4.78, 5) is 25.2. The summed E-state index contributed by atoms with van der Waals surface area (Å²) in [5, 5.41) is 6.11. The first-order valence-corrected chi connectivity index (χ1v) is 9.12. The molecule has 0 aliphatic heterocycles. The number of nitrogens with one attached hydrogen (secondary N) is 3. The zero-order valence-electron chi connectivity index (χ0n) is 15.8. The summed E-state index contributed by atoms with van der Waals surface area (Å²) in [6.45, 7) is 2.39. The van der Waals surface area contributed by atoms with Gasteiger partial charge in [-0.1, -0.05) is 30.7 Å². The van der Waals surface area contributed by atoms with Crippen LogP contribution >= 0.6 is 11.6 Å². The Morgan fingerprint density at radius 2 is 1.67 bits per heavy atom. The van der Waals surface area contributed by atoms with Gasteiger partial charge in [0.15, 0.2) is 13.1 Å². The van der Waals surface area contributed by atoms with Crippen LogP contribution in [0.25, 0.3) is 0 Å². The van der Waals surface area contributed by atoms with E-state index in [0.717, 1.165) is 17.0 Å². The third-order valence-electron chi connectivity index (χ3n) is 4.01. The largest absolute Gasteiger partial charge is 0.495 e. The standard InChI is InChI=1S/C20H24ClN3O3/c1-4-14-5-8-16(9-6-14)22-19(25)12-24(2)13-20(26)23-17-11-15(21)7-10-18(17)27-3/h5-11H,4,12-13H2,1-3H3,(H,22,25)(H,23,26)/p+1. The summed E-state index contributed by atoms with van der Waals surface area (Å²) < 4.78 is 5.21. The first-order chi connectivity index (χ1) is 12.9. The highest BCUT2D eigenvalue weighted by atomic mass is 35.5. The molecule has 2 amide bonds. The second kappa shape index (κ2) is 9.94. The van der Waals surface area contributed by atoms with Crippen molar-refractivity contribution in [3.8, 4) is 5.75 Å². The summed E-state index contributed by atoms with van der Waals surface area (Å²) in [5.74, 6) is 0.150. The molecule has 2 aromatic rings. The number of hydrogen-bond acceptors (Lipinski definition) is 3. The summed E-state index contributed by atoms with van der Waals surface area (Å²) in [5.41, 5.74) is 2.46. The minimum atomic E-state index is -0.229. The van der Waals surface area contributed by atoms with E-state index in [1.165, 1.54) is 12.7 Å². The van der Waals surface area contributed by atoms with E-state index in [2.05, 4.69) is 17.6 Å². The molecule has 7 heteroatoms. The fraction of sp³-hybridized carbons (Fsp3) is 0.300. The minimum Gasteiger partial charge on any atom is -0.495 e. The van der Waals surface area contributed by atoms with Crippen molar-refractivity contribution in [3.63, 3.8) is 0 Å². The minimum absolute atomic E-state index is 0.137. The number of quaternary nitrogens is 1. The van der Waals surface area contributed by atoms with E-state index < -0.39 is 0 Å². The highest BCUT2D eigenvalue weighted by Crippen LogP contribution is 2.27. The van der Waals surface area contributed by atoms with Crippen LogP contribution in [0, 0.1) is 0 Å². The van der Waals surface area contributed by atoms with Crippen LogP contribution in [-0.2, 0) is 16.0 Å². The zero-order chi connectivity index (χ0) is 19.8. The predicted molar refractivity (Wildman–Crippen MR) is 108 cm³/mol. The van der Waals surface area contributed by atoms with Gasteiger partial charge in [-0.3, -0.25) is 9.59 Å². The van der Waals surface area contributed by atoms with Crippen LogP contribution in [0.3, 0.4) is 0 Å². The van der Waals surface area contributed by atoms with Crippen molar-refractivity contribution in [1.29, 1.82) is 0 Å². The van der Waals surface area contributed by atoms with Crippen molar-refractivity contribution in [2.24, 2.45) is 0 Å². The Balaban J connectivity index is 1.85. The third-order valence-corrected chi connectivity index (χ3v) is 4.24. The zero-order valence-corrected chi connectivity index (χ0v) is 16.5. The smallest absolute Gasteiger partial charge is 0.279 e. The van der Waals surface area contributed by atoms with Crippen LogP contribution in [0.2, 0.25) is 5.02 Å². The molecule has 3 N–H and O–H groups in total. The summed E-state index contributed by atoms with van der Waals surface area (Å²) in [6.07, 6.45) is 0.952. The maximum atomic E-state index is 12.3. The molecule has 0 fully saturated rings. The van der Waals surface area contributed by atoms with Crippen LogP contribution in [0.1, 0.15) is 12.5 Å². The number of halogens is 1. The van der Waals surface area contributed by atoms with Gasteiger partial charge in [-0.15, -0.1) is 0 Å². The summed E-state index contributed by atoms with van der Waals surface area (Å²) >= 11 is 5.96. The number of benzene rings is 2. The van der Waals surface area contributed by atoms with Gasteiger partial charge in [0.05, 0.1) is 19.8 Å². The summed E-state index contributed by atoms with van der Waals surface area (Å²) in [6, 6.07) is 12.7. The Labute approximate surface area is 164 Å².